The number of fused-ring (bicyclic) bond motifs is 6. The Morgan fingerprint density at radius 1 is 0.404 bits per heavy atom. The van der Waals surface area contributed by atoms with Gasteiger partial charge >= 0.3 is 36.0 Å². The summed E-state index contributed by atoms with van der Waals surface area (Å²) in [7, 11) is 0. The van der Waals surface area contributed by atoms with Crippen molar-refractivity contribution in [3.05, 3.63) is 152 Å². The SMILES string of the molecule is CCNC(=O)Nc1ncnc2c1ncn2C1OC(CCC(=O)O)C2O[C@H](/C=C/c3ccccc3)OC21.CCNC(=O)Nc1ncnc2c1ncn2C1OC(CCC(=O)O)C2O[C@H](c3ccccc3)OC21.CCNC(=O)Nc1ncnc2c1ncn2C1OC(CCC(=O)O)C2O[C@H](c3ccccc3)OC21. The Hall–Kier alpha value is -11.1. The summed E-state index contributed by atoms with van der Waals surface area (Å²) in [6, 6.07) is 27.6. The highest BCUT2D eigenvalue weighted by Crippen LogP contribution is 2.48. The number of carbonyl (C=O) groups excluding carboxylic acids is 3. The number of nitrogens with zero attached hydrogens (tertiary/aromatic N) is 12. The van der Waals surface area contributed by atoms with E-state index in [2.05, 4.69) is 76.8 Å². The van der Waals surface area contributed by atoms with E-state index in [1.54, 1.807) is 32.7 Å². The van der Waals surface area contributed by atoms with E-state index in [1.807, 2.05) is 124 Å². The molecule has 6 saturated heterocycles. The largest absolute Gasteiger partial charge is 0.481 e. The van der Waals surface area contributed by atoms with E-state index in [1.165, 1.54) is 19.0 Å². The molecule has 9 aromatic rings. The lowest BCUT2D eigenvalue weighted by Gasteiger charge is -2.21. The third-order valence-corrected chi connectivity index (χ3v) is 17.5. The molecule has 6 aromatic heterocycles. The van der Waals surface area contributed by atoms with Crippen LogP contribution in [0.5, 0.6) is 0 Å². The van der Waals surface area contributed by atoms with Gasteiger partial charge in [-0.1, -0.05) is 97.1 Å². The van der Waals surface area contributed by atoms with E-state index >= 15 is 0 Å². The topological polar surface area (TPSA) is 449 Å². The number of hydrogen-bond acceptors (Lipinski definition) is 24. The number of nitrogens with one attached hydrogen (secondary N) is 6. The third-order valence-electron chi connectivity index (χ3n) is 17.5. The molecule has 6 fully saturated rings. The zero-order valence-corrected chi connectivity index (χ0v) is 56.1. The van der Waals surface area contributed by atoms with E-state index in [4.69, 9.17) is 42.6 Å². The molecule has 6 aliphatic heterocycles. The molecule has 0 radical (unpaired) electrons. The number of carbonyl (C=O) groups is 6. The molecule has 0 saturated carbocycles. The molecule has 9 N–H and O–H groups in total. The molecule has 6 aliphatic rings. The number of urea groups is 3. The number of carboxylic acids is 3. The molecule has 36 nitrogen and oxygen atoms in total. The van der Waals surface area contributed by atoms with Gasteiger partial charge in [-0.05, 0) is 51.7 Å². The molecule has 0 bridgehead atoms. The number of carboxylic acid groups (broad SMARTS) is 3. The summed E-state index contributed by atoms with van der Waals surface area (Å²) in [5.41, 5.74) is 5.21. The Kier molecular flexibility index (Phi) is 22.3. The quantitative estimate of drug-likeness (QED) is 0.0330. The van der Waals surface area contributed by atoms with Crippen LogP contribution in [0.25, 0.3) is 39.6 Å². The summed E-state index contributed by atoms with van der Waals surface area (Å²) in [4.78, 5) is 108. The van der Waals surface area contributed by atoms with Crippen LogP contribution < -0.4 is 31.9 Å². The Labute approximate surface area is 591 Å². The first-order valence-electron chi connectivity index (χ1n) is 33.7. The minimum absolute atomic E-state index is 0.0621. The predicted molar refractivity (Wildman–Crippen MR) is 363 cm³/mol. The monoisotopic (exact) mass is 1430 g/mol. The minimum Gasteiger partial charge on any atom is -0.481 e. The van der Waals surface area contributed by atoms with Crippen molar-refractivity contribution >= 4 is 93.0 Å². The van der Waals surface area contributed by atoms with Gasteiger partial charge in [-0.2, -0.15) is 0 Å². The van der Waals surface area contributed by atoms with Crippen molar-refractivity contribution in [2.75, 3.05) is 35.6 Å². The highest BCUT2D eigenvalue weighted by molar-refractivity contribution is 5.97. The van der Waals surface area contributed by atoms with E-state index in [0.717, 1.165) is 16.7 Å². The first kappa shape index (κ1) is 71.3. The Balaban J connectivity index is 0.000000139. The van der Waals surface area contributed by atoms with Crippen molar-refractivity contribution in [1.82, 2.24) is 74.5 Å². The molecule has 36 heteroatoms. The van der Waals surface area contributed by atoms with Crippen LogP contribution in [0.2, 0.25) is 0 Å². The van der Waals surface area contributed by atoms with Crippen molar-refractivity contribution in [2.45, 2.75) is 152 Å². The van der Waals surface area contributed by atoms with Crippen molar-refractivity contribution in [3.63, 3.8) is 0 Å². The van der Waals surface area contributed by atoms with E-state index in [-0.39, 0.29) is 56.0 Å². The number of amides is 6. The van der Waals surface area contributed by atoms with Gasteiger partial charge in [0.2, 0.25) is 0 Å². The van der Waals surface area contributed by atoms with Crippen LogP contribution in [-0.4, -0.2) is 191 Å². The van der Waals surface area contributed by atoms with Crippen molar-refractivity contribution in [2.24, 2.45) is 0 Å². The molecule has 12 heterocycles. The number of ether oxygens (including phenoxy) is 9. The van der Waals surface area contributed by atoms with Crippen LogP contribution in [0.3, 0.4) is 0 Å². The minimum atomic E-state index is -0.917. The summed E-state index contributed by atoms with van der Waals surface area (Å²) in [6.07, 6.45) is 4.67. The molecule has 15 atom stereocenters. The molecule has 15 rings (SSSR count). The maximum atomic E-state index is 12.0. The summed E-state index contributed by atoms with van der Waals surface area (Å²) >= 11 is 0. The van der Waals surface area contributed by atoms with Gasteiger partial charge < -0.3 is 73.9 Å². The lowest BCUT2D eigenvalue weighted by molar-refractivity contribution is -0.152. The fourth-order valence-corrected chi connectivity index (χ4v) is 12.9. The maximum absolute atomic E-state index is 12.0. The van der Waals surface area contributed by atoms with Crippen molar-refractivity contribution in [1.29, 1.82) is 0 Å². The van der Waals surface area contributed by atoms with Crippen LogP contribution in [0.4, 0.5) is 31.8 Å². The Morgan fingerprint density at radius 3 is 1.07 bits per heavy atom. The molecule has 104 heavy (non-hydrogen) atoms. The van der Waals surface area contributed by atoms with Gasteiger partial charge in [-0.15, -0.1) is 0 Å². The number of hydrogen-bond donors (Lipinski definition) is 9. The Bertz CT molecular complexity index is 4350. The van der Waals surface area contributed by atoms with Gasteiger partial charge in [0.25, 0.3) is 0 Å². The lowest BCUT2D eigenvalue weighted by Crippen LogP contribution is -2.29. The van der Waals surface area contributed by atoms with Crippen LogP contribution in [-0.2, 0) is 57.0 Å². The highest BCUT2D eigenvalue weighted by atomic mass is 16.8. The average Bonchev–Trinajstić information content (AvgIpc) is 1.61. The number of rotatable bonds is 22. The summed E-state index contributed by atoms with van der Waals surface area (Å²) in [5, 5.41) is 43.5. The number of benzene rings is 3. The zero-order chi connectivity index (χ0) is 72.4. The summed E-state index contributed by atoms with van der Waals surface area (Å²) in [5.74, 6) is -1.96. The second-order valence-corrected chi connectivity index (χ2v) is 24.3. The van der Waals surface area contributed by atoms with Crippen molar-refractivity contribution in [3.8, 4) is 0 Å². The fraction of sp³-hybridized carbons (Fsp3) is 0.397. The van der Waals surface area contributed by atoms with Gasteiger partial charge in [0.05, 0.1) is 37.3 Å². The molecule has 3 aromatic carbocycles. The summed E-state index contributed by atoms with van der Waals surface area (Å²) < 4.78 is 61.0. The number of anilines is 3. The van der Waals surface area contributed by atoms with Crippen LogP contribution in [0, 0.1) is 0 Å². The Morgan fingerprint density at radius 2 is 0.721 bits per heavy atom. The lowest BCUT2D eigenvalue weighted by atomic mass is 10.1. The van der Waals surface area contributed by atoms with Crippen LogP contribution in [0.15, 0.2) is 135 Å². The second kappa shape index (κ2) is 32.5. The van der Waals surface area contributed by atoms with Crippen molar-refractivity contribution < 1.29 is 86.7 Å². The normalized spacial score (nSPS) is 25.7. The predicted octanol–water partition coefficient (Wildman–Crippen LogP) is 6.98. The first-order chi connectivity index (χ1) is 50.6. The molecular formula is C68H74N18O18. The molecule has 0 spiro atoms. The average molecular weight is 1430 g/mol. The van der Waals surface area contributed by atoms with Gasteiger partial charge in [0.15, 0.2) is 88.5 Å². The number of aromatic nitrogens is 12. The maximum Gasteiger partial charge on any atom is 0.320 e. The van der Waals surface area contributed by atoms with Gasteiger partial charge in [-0.3, -0.25) is 44.0 Å². The van der Waals surface area contributed by atoms with Crippen LogP contribution in [0.1, 0.15) is 107 Å². The molecule has 12 unspecified atom stereocenters. The van der Waals surface area contributed by atoms with Crippen LogP contribution >= 0.6 is 0 Å². The molecule has 6 amide bonds. The first-order valence-corrected chi connectivity index (χ1v) is 33.7. The fourth-order valence-electron chi connectivity index (χ4n) is 12.9. The zero-order valence-electron chi connectivity index (χ0n) is 56.1. The highest BCUT2D eigenvalue weighted by Gasteiger charge is 2.56. The smallest absolute Gasteiger partial charge is 0.320 e. The van der Waals surface area contributed by atoms with E-state index in [0.29, 0.717) is 53.1 Å². The van der Waals surface area contributed by atoms with E-state index in [9.17, 15) is 44.1 Å². The van der Waals surface area contributed by atoms with Gasteiger partial charge in [0.1, 0.15) is 55.6 Å². The van der Waals surface area contributed by atoms with Gasteiger partial charge in [-0.25, -0.2) is 59.2 Å². The van der Waals surface area contributed by atoms with E-state index < -0.39 is 128 Å². The number of imidazole rings is 3. The molecule has 544 valence electrons. The third kappa shape index (κ3) is 15.9. The molecule has 0 aliphatic carbocycles. The standard InChI is InChI=1S/C24H26N6O6.2C22H24N6O6/c1-2-25-24(33)29-21-18-22(27-12-26-21)30(13-28-18)23-20-19(15(34-23)9-10-16(31)32)35-17(36-20)11-8-14-6-4-3-5-7-14;2*1-2-23-22(31)27-18-15-19(25-10-24-18)28(11-26-15)20-17-16(13(32-20)8-9-14(29)30)33-21(34-17)12-6-4-3-5-7-12/h3-8,11-13,15,17,19-20,23H,2,9-10H2,1H3,(H,31,32)(H2,25,26,27,29,33);2*3-7,10-11,13,16-17,20-21H,2,8-9H2,1H3,(H,29,30)(H2,23,24,25,27,31)/b11-8+;;/t15?,17-,19?,20?,23?;2*13?,16?,17?,20?,21-/m000/s1. The van der Waals surface area contributed by atoms with Gasteiger partial charge in [0, 0.05) is 50.0 Å². The second-order valence-electron chi connectivity index (χ2n) is 24.3. The summed E-state index contributed by atoms with van der Waals surface area (Å²) in [6.45, 7) is 6.82. The number of aliphatic carboxylic acids is 3. The molecular weight excluding hydrogens is 1360 g/mol.